The van der Waals surface area contributed by atoms with Gasteiger partial charge in [-0.2, -0.15) is 18.4 Å². The Kier molecular flexibility index (Phi) is 3.19. The van der Waals surface area contributed by atoms with Gasteiger partial charge in [0.05, 0.1) is 12.1 Å². The lowest BCUT2D eigenvalue weighted by Crippen LogP contribution is -2.23. The highest BCUT2D eigenvalue weighted by atomic mass is 19.4. The molecule has 0 spiro atoms. The van der Waals surface area contributed by atoms with Crippen LogP contribution < -0.4 is 5.32 Å². The van der Waals surface area contributed by atoms with Gasteiger partial charge in [0.2, 0.25) is 0 Å². The summed E-state index contributed by atoms with van der Waals surface area (Å²) in [5.74, 6) is -1.17. The molecule has 1 aliphatic heterocycles. The van der Waals surface area contributed by atoms with E-state index >= 15 is 0 Å². The molecule has 1 saturated carbocycles. The number of aliphatic carboxylic acids is 1. The minimum absolute atomic E-state index is 0.194. The van der Waals surface area contributed by atoms with Crippen LogP contribution in [0, 0.1) is 23.2 Å². The van der Waals surface area contributed by atoms with Crippen LogP contribution in [0.2, 0.25) is 0 Å². The molecule has 15 heavy (non-hydrogen) atoms. The van der Waals surface area contributed by atoms with Gasteiger partial charge in [0.1, 0.15) is 0 Å². The number of alkyl halides is 3. The van der Waals surface area contributed by atoms with Gasteiger partial charge in [0, 0.05) is 0 Å². The Bertz CT molecular complexity index is 297. The molecule has 7 heteroatoms. The number of hydrogen-bond acceptors (Lipinski definition) is 3. The SMILES string of the molecule is N#CC1NCC2CC21.O=C(O)C(F)(F)F. The summed E-state index contributed by atoms with van der Waals surface area (Å²) in [6, 6.07) is 2.44. The van der Waals surface area contributed by atoms with Crippen molar-refractivity contribution >= 4 is 5.97 Å². The van der Waals surface area contributed by atoms with Crippen molar-refractivity contribution in [3.05, 3.63) is 0 Å². The van der Waals surface area contributed by atoms with Crippen molar-refractivity contribution in [2.45, 2.75) is 18.6 Å². The number of carbonyl (C=O) groups is 1. The van der Waals surface area contributed by atoms with Crippen LogP contribution in [0.25, 0.3) is 0 Å². The highest BCUT2D eigenvalue weighted by Gasteiger charge is 2.48. The first-order valence-corrected chi connectivity index (χ1v) is 4.29. The van der Waals surface area contributed by atoms with E-state index in [-0.39, 0.29) is 6.04 Å². The zero-order valence-electron chi connectivity index (χ0n) is 7.58. The maximum absolute atomic E-state index is 10.6. The highest BCUT2D eigenvalue weighted by molar-refractivity contribution is 5.73. The second-order valence-electron chi connectivity index (χ2n) is 3.48. The summed E-state index contributed by atoms with van der Waals surface area (Å²) in [5, 5.41) is 18.7. The van der Waals surface area contributed by atoms with E-state index in [0.717, 1.165) is 18.4 Å². The molecular weight excluding hydrogens is 213 g/mol. The van der Waals surface area contributed by atoms with Gasteiger partial charge in [-0.3, -0.25) is 0 Å². The predicted molar refractivity (Wildman–Crippen MR) is 42.7 cm³/mol. The molecule has 2 rings (SSSR count). The first kappa shape index (κ1) is 11.8. The van der Waals surface area contributed by atoms with Gasteiger partial charge in [0.15, 0.2) is 0 Å². The number of hydrogen-bond donors (Lipinski definition) is 2. The predicted octanol–water partition coefficient (Wildman–Crippen LogP) is 0.751. The Hall–Kier alpha value is -1.29. The van der Waals surface area contributed by atoms with Crippen molar-refractivity contribution in [1.82, 2.24) is 5.32 Å². The zero-order chi connectivity index (χ0) is 11.6. The summed E-state index contributed by atoms with van der Waals surface area (Å²) < 4.78 is 31.7. The maximum Gasteiger partial charge on any atom is 0.490 e. The van der Waals surface area contributed by atoms with E-state index < -0.39 is 12.1 Å². The Morgan fingerprint density at radius 1 is 1.53 bits per heavy atom. The van der Waals surface area contributed by atoms with E-state index in [1.807, 2.05) is 0 Å². The summed E-state index contributed by atoms with van der Waals surface area (Å²) >= 11 is 0. The number of piperidine rings is 1. The van der Waals surface area contributed by atoms with Crippen LogP contribution in [-0.4, -0.2) is 29.8 Å². The lowest BCUT2D eigenvalue weighted by atomic mass is 10.2. The van der Waals surface area contributed by atoms with Crippen LogP contribution in [0.5, 0.6) is 0 Å². The van der Waals surface area contributed by atoms with E-state index in [4.69, 9.17) is 15.2 Å². The topological polar surface area (TPSA) is 73.1 Å². The molecule has 1 heterocycles. The standard InChI is InChI=1S/C6H8N2.C2HF3O2/c7-2-6-5-1-4(5)3-8-6;3-2(4,5)1(6)7/h4-6,8H,1,3H2;(H,6,7). The van der Waals surface area contributed by atoms with E-state index in [1.165, 1.54) is 6.42 Å². The quantitative estimate of drug-likeness (QED) is 0.634. The van der Waals surface area contributed by atoms with E-state index in [9.17, 15) is 13.2 Å². The maximum atomic E-state index is 10.6. The Labute approximate surface area is 83.7 Å². The van der Waals surface area contributed by atoms with Crippen molar-refractivity contribution in [2.75, 3.05) is 6.54 Å². The molecule has 1 saturated heterocycles. The average Bonchev–Trinajstić information content (AvgIpc) is 2.78. The van der Waals surface area contributed by atoms with Crippen LogP contribution in [0.1, 0.15) is 6.42 Å². The first-order valence-electron chi connectivity index (χ1n) is 4.29. The summed E-state index contributed by atoms with van der Waals surface area (Å²) in [5.41, 5.74) is 0. The third-order valence-corrected chi connectivity index (χ3v) is 2.39. The van der Waals surface area contributed by atoms with Gasteiger partial charge in [-0.15, -0.1) is 0 Å². The first-order chi connectivity index (χ1) is 6.86. The number of halogens is 3. The summed E-state index contributed by atoms with van der Waals surface area (Å²) in [6.45, 7) is 1.09. The minimum atomic E-state index is -5.08. The number of nitriles is 1. The van der Waals surface area contributed by atoms with Crippen molar-refractivity contribution in [3.63, 3.8) is 0 Å². The fourth-order valence-corrected chi connectivity index (χ4v) is 1.49. The fraction of sp³-hybridized carbons (Fsp3) is 0.750. The van der Waals surface area contributed by atoms with Gasteiger partial charge >= 0.3 is 12.1 Å². The molecule has 0 amide bonds. The number of carboxylic acid groups (broad SMARTS) is 1. The number of nitrogens with zero attached hydrogens (tertiary/aromatic N) is 1. The molecule has 0 aromatic carbocycles. The molecule has 3 atom stereocenters. The molecule has 2 fully saturated rings. The van der Waals surface area contributed by atoms with Crippen LogP contribution in [0.15, 0.2) is 0 Å². The second kappa shape index (κ2) is 4.06. The molecule has 84 valence electrons. The molecule has 4 nitrogen and oxygen atoms in total. The summed E-state index contributed by atoms with van der Waals surface area (Å²) in [6.07, 6.45) is -3.79. The molecular formula is C8H9F3N2O2. The van der Waals surface area contributed by atoms with Crippen molar-refractivity contribution in [3.8, 4) is 6.07 Å². The van der Waals surface area contributed by atoms with Crippen LogP contribution in [0.3, 0.4) is 0 Å². The van der Waals surface area contributed by atoms with Crippen LogP contribution >= 0.6 is 0 Å². The summed E-state index contributed by atoms with van der Waals surface area (Å²) in [7, 11) is 0. The van der Waals surface area contributed by atoms with Crippen molar-refractivity contribution in [1.29, 1.82) is 5.26 Å². The average molecular weight is 222 g/mol. The Morgan fingerprint density at radius 2 is 2.07 bits per heavy atom. The largest absolute Gasteiger partial charge is 0.490 e. The molecule has 2 aliphatic rings. The normalized spacial score (nSPS) is 32.0. The molecule has 3 unspecified atom stereocenters. The number of rotatable bonds is 0. The highest BCUT2D eigenvalue weighted by Crippen LogP contribution is 2.44. The zero-order valence-corrected chi connectivity index (χ0v) is 7.58. The molecule has 0 bridgehead atoms. The molecule has 2 N–H and O–H groups in total. The van der Waals surface area contributed by atoms with Crippen molar-refractivity contribution in [2.24, 2.45) is 11.8 Å². The lowest BCUT2D eigenvalue weighted by Gasteiger charge is -1.98. The Balaban J connectivity index is 0.000000153. The van der Waals surface area contributed by atoms with E-state index in [0.29, 0.717) is 0 Å². The van der Waals surface area contributed by atoms with Crippen LogP contribution in [0.4, 0.5) is 13.2 Å². The van der Waals surface area contributed by atoms with E-state index in [1.54, 1.807) is 0 Å². The number of fused-ring (bicyclic) bond motifs is 1. The summed E-state index contributed by atoms with van der Waals surface area (Å²) in [4.78, 5) is 8.90. The van der Waals surface area contributed by atoms with Gasteiger partial charge in [-0.05, 0) is 24.8 Å². The van der Waals surface area contributed by atoms with E-state index in [2.05, 4.69) is 11.4 Å². The number of nitrogens with one attached hydrogen (secondary N) is 1. The molecule has 0 aromatic rings. The molecule has 0 aromatic heterocycles. The monoisotopic (exact) mass is 222 g/mol. The third-order valence-electron chi connectivity index (χ3n) is 2.39. The van der Waals surface area contributed by atoms with Crippen molar-refractivity contribution < 1.29 is 23.1 Å². The van der Waals surface area contributed by atoms with Gasteiger partial charge in [0.25, 0.3) is 0 Å². The minimum Gasteiger partial charge on any atom is -0.475 e. The fourth-order valence-electron chi connectivity index (χ4n) is 1.49. The van der Waals surface area contributed by atoms with Crippen LogP contribution in [-0.2, 0) is 4.79 Å². The Morgan fingerprint density at radius 3 is 2.20 bits per heavy atom. The van der Waals surface area contributed by atoms with Gasteiger partial charge < -0.3 is 10.4 Å². The van der Waals surface area contributed by atoms with Gasteiger partial charge in [-0.1, -0.05) is 0 Å². The number of carboxylic acids is 1. The smallest absolute Gasteiger partial charge is 0.475 e. The third kappa shape index (κ3) is 3.09. The van der Waals surface area contributed by atoms with Gasteiger partial charge in [-0.25, -0.2) is 4.79 Å². The lowest BCUT2D eigenvalue weighted by molar-refractivity contribution is -0.192. The molecule has 0 radical (unpaired) electrons. The molecule has 1 aliphatic carbocycles. The second-order valence-corrected chi connectivity index (χ2v) is 3.48.